The Balaban J connectivity index is 1.34. The maximum atomic E-state index is 14.0. The number of aromatic hydroxyl groups is 2. The SMILES string of the molecule is O=C(O)[C@H]1[C@@H](CCc2ccccc2)c2cc(O)c(O[C@H]3O[C@H](CO)[C@@H](O)[C@H](O)[C@H]3O)cc2N1C(=O)C=Cc1ccc(O)c(CC2=NCN=C2)c1. The summed E-state index contributed by atoms with van der Waals surface area (Å²) >= 11 is 0. The lowest BCUT2D eigenvalue weighted by Crippen LogP contribution is -2.60. The minimum atomic E-state index is -1.78. The van der Waals surface area contributed by atoms with Crippen LogP contribution in [-0.4, -0.2) is 110 Å². The average Bonchev–Trinajstić information content (AvgIpc) is 3.74. The van der Waals surface area contributed by atoms with Gasteiger partial charge in [-0.3, -0.25) is 19.7 Å². The molecule has 0 bridgehead atoms. The topological polar surface area (TPSA) is 222 Å². The summed E-state index contributed by atoms with van der Waals surface area (Å²) in [6.45, 7) is -0.379. The number of aliphatic carboxylic acids is 1. The molecule has 3 aromatic rings. The van der Waals surface area contributed by atoms with Gasteiger partial charge in [-0.1, -0.05) is 36.4 Å². The maximum Gasteiger partial charge on any atom is 0.327 e. The van der Waals surface area contributed by atoms with Gasteiger partial charge in [0.1, 0.15) is 42.9 Å². The third kappa shape index (κ3) is 7.11. The molecule has 0 aromatic heterocycles. The molecule has 1 fully saturated rings. The number of nitrogens with zero attached hydrogens (tertiary/aromatic N) is 3. The minimum Gasteiger partial charge on any atom is -0.508 e. The van der Waals surface area contributed by atoms with Crippen LogP contribution in [-0.2, 0) is 27.2 Å². The van der Waals surface area contributed by atoms with E-state index in [0.717, 1.165) is 10.5 Å². The highest BCUT2D eigenvalue weighted by Gasteiger charge is 2.48. The van der Waals surface area contributed by atoms with Gasteiger partial charge < -0.3 is 45.2 Å². The van der Waals surface area contributed by atoms with Crippen LogP contribution in [0.25, 0.3) is 6.08 Å². The number of carbonyl (C=O) groups excluding carboxylic acids is 1. The number of carboxylic acids is 1. The van der Waals surface area contributed by atoms with Gasteiger partial charge in [-0.05, 0) is 53.8 Å². The molecule has 3 aromatic carbocycles. The Labute approximate surface area is 286 Å². The van der Waals surface area contributed by atoms with Crippen LogP contribution in [0.2, 0.25) is 0 Å². The van der Waals surface area contributed by atoms with Crippen LogP contribution in [0.5, 0.6) is 17.2 Å². The summed E-state index contributed by atoms with van der Waals surface area (Å²) in [7, 11) is 0. The number of carbonyl (C=O) groups is 2. The van der Waals surface area contributed by atoms with Crippen molar-refractivity contribution in [3.8, 4) is 17.2 Å². The van der Waals surface area contributed by atoms with Crippen molar-refractivity contribution in [2.24, 2.45) is 9.98 Å². The second-order valence-corrected chi connectivity index (χ2v) is 12.3. The van der Waals surface area contributed by atoms with Crippen molar-refractivity contribution in [2.75, 3.05) is 18.2 Å². The Bertz CT molecular complexity index is 1830. The summed E-state index contributed by atoms with van der Waals surface area (Å²) in [6.07, 6.45) is -2.64. The van der Waals surface area contributed by atoms with Crippen LogP contribution in [0.1, 0.15) is 34.6 Å². The number of carboxylic acid groups (broad SMARTS) is 1. The number of fused-ring (bicyclic) bond motifs is 1. The summed E-state index contributed by atoms with van der Waals surface area (Å²) in [5.41, 5.74) is 3.28. The summed E-state index contributed by atoms with van der Waals surface area (Å²) in [5.74, 6) is -3.42. The number of phenolic OH excluding ortho intramolecular Hbond substituents is 2. The van der Waals surface area contributed by atoms with Gasteiger partial charge in [-0.2, -0.15) is 0 Å². The van der Waals surface area contributed by atoms with Crippen molar-refractivity contribution in [3.63, 3.8) is 0 Å². The number of aliphatic hydroxyl groups excluding tert-OH is 4. The smallest absolute Gasteiger partial charge is 0.327 e. The Kier molecular flexibility index (Phi) is 10.3. The van der Waals surface area contributed by atoms with Crippen molar-refractivity contribution >= 4 is 35.6 Å². The zero-order valence-electron chi connectivity index (χ0n) is 26.7. The highest BCUT2D eigenvalue weighted by molar-refractivity contribution is 6.32. The van der Waals surface area contributed by atoms with Gasteiger partial charge in [0, 0.05) is 36.3 Å². The predicted octanol–water partition coefficient (Wildman–Crippen LogP) is 1.53. The summed E-state index contributed by atoms with van der Waals surface area (Å²) in [4.78, 5) is 36.3. The third-order valence-corrected chi connectivity index (χ3v) is 9.08. The van der Waals surface area contributed by atoms with Gasteiger partial charge >= 0.3 is 5.97 Å². The molecule has 262 valence electrons. The molecule has 1 amide bonds. The van der Waals surface area contributed by atoms with Crippen LogP contribution in [0.15, 0.2) is 76.7 Å². The third-order valence-electron chi connectivity index (χ3n) is 9.08. The van der Waals surface area contributed by atoms with E-state index in [4.69, 9.17) is 9.47 Å². The molecular formula is C36H37N3O11. The second kappa shape index (κ2) is 14.8. The quantitative estimate of drug-likeness (QED) is 0.143. The molecule has 0 saturated carbocycles. The van der Waals surface area contributed by atoms with E-state index >= 15 is 0 Å². The van der Waals surface area contributed by atoms with Crippen molar-refractivity contribution < 1.29 is 54.8 Å². The zero-order chi connectivity index (χ0) is 35.5. The predicted molar refractivity (Wildman–Crippen MR) is 181 cm³/mol. The monoisotopic (exact) mass is 687 g/mol. The Morgan fingerprint density at radius 2 is 1.76 bits per heavy atom. The molecule has 1 saturated heterocycles. The van der Waals surface area contributed by atoms with E-state index in [1.54, 1.807) is 18.3 Å². The Hall–Kier alpha value is -5.12. The largest absolute Gasteiger partial charge is 0.508 e. The van der Waals surface area contributed by atoms with E-state index in [2.05, 4.69) is 9.98 Å². The van der Waals surface area contributed by atoms with E-state index in [0.29, 0.717) is 48.3 Å². The number of aryl methyl sites for hydroxylation is 1. The molecule has 3 aliphatic heterocycles. The Morgan fingerprint density at radius 3 is 2.46 bits per heavy atom. The van der Waals surface area contributed by atoms with E-state index in [9.17, 15) is 45.3 Å². The second-order valence-electron chi connectivity index (χ2n) is 12.3. The van der Waals surface area contributed by atoms with Crippen LogP contribution >= 0.6 is 0 Å². The molecule has 0 radical (unpaired) electrons. The van der Waals surface area contributed by atoms with Crippen molar-refractivity contribution in [3.05, 3.63) is 89.0 Å². The number of rotatable bonds is 11. The number of ether oxygens (including phenoxy) is 2. The fourth-order valence-electron chi connectivity index (χ4n) is 6.50. The average molecular weight is 688 g/mol. The number of anilines is 1. The lowest BCUT2D eigenvalue weighted by atomic mass is 9.88. The molecule has 0 unspecified atom stereocenters. The lowest BCUT2D eigenvalue weighted by molar-refractivity contribution is -0.277. The van der Waals surface area contributed by atoms with Gasteiger partial charge in [0.2, 0.25) is 6.29 Å². The maximum absolute atomic E-state index is 14.0. The van der Waals surface area contributed by atoms with Gasteiger partial charge in [0.15, 0.2) is 11.5 Å². The van der Waals surface area contributed by atoms with E-state index in [1.807, 2.05) is 30.3 Å². The molecule has 14 heteroatoms. The molecule has 50 heavy (non-hydrogen) atoms. The van der Waals surface area contributed by atoms with Gasteiger partial charge in [-0.15, -0.1) is 0 Å². The fraction of sp³-hybridized carbons (Fsp3) is 0.333. The first-order valence-corrected chi connectivity index (χ1v) is 16.0. The molecular weight excluding hydrogens is 650 g/mol. The Morgan fingerprint density at radius 1 is 0.980 bits per heavy atom. The highest BCUT2D eigenvalue weighted by Crippen LogP contribution is 2.48. The molecule has 0 aliphatic carbocycles. The highest BCUT2D eigenvalue weighted by atomic mass is 16.7. The van der Waals surface area contributed by atoms with E-state index in [1.165, 1.54) is 30.4 Å². The number of benzene rings is 3. The first-order valence-electron chi connectivity index (χ1n) is 16.0. The van der Waals surface area contributed by atoms with E-state index < -0.39 is 66.9 Å². The molecule has 14 nitrogen and oxygen atoms in total. The standard InChI is InChI=1S/C36H37N3O11/c40-17-29-32(44)33(45)34(46)36(50-29)49-28-15-25-24(14-27(28)42)23(9-6-19-4-2-1-3-5-19)31(35(47)48)39(25)30(43)11-8-20-7-10-26(41)21(12-20)13-22-16-37-18-38-22/h1-5,7-8,10-12,14-16,23,29,31-34,36,40-42,44-46H,6,9,13,17-18H2,(H,47,48)/t23-,29+,31+,32+,33-,34+,36-/m0/s1. The normalized spacial score (nSPS) is 25.9. The van der Waals surface area contributed by atoms with Crippen molar-refractivity contribution in [2.45, 2.75) is 61.9 Å². The zero-order valence-corrected chi connectivity index (χ0v) is 26.7. The van der Waals surface area contributed by atoms with Crippen molar-refractivity contribution in [1.82, 2.24) is 0 Å². The van der Waals surface area contributed by atoms with Crippen LogP contribution in [0.3, 0.4) is 0 Å². The van der Waals surface area contributed by atoms with Crippen molar-refractivity contribution in [1.29, 1.82) is 0 Å². The number of amides is 1. The van der Waals surface area contributed by atoms with Crippen LogP contribution < -0.4 is 9.64 Å². The molecule has 6 rings (SSSR count). The summed E-state index contributed by atoms with van der Waals surface area (Å²) in [5, 5.41) is 72.5. The summed E-state index contributed by atoms with van der Waals surface area (Å²) < 4.78 is 11.2. The van der Waals surface area contributed by atoms with E-state index in [-0.39, 0.29) is 17.2 Å². The molecule has 3 heterocycles. The molecule has 7 atom stereocenters. The number of phenols is 2. The molecule has 3 aliphatic rings. The molecule has 0 spiro atoms. The van der Waals surface area contributed by atoms with Crippen LogP contribution in [0.4, 0.5) is 5.69 Å². The fourth-order valence-corrected chi connectivity index (χ4v) is 6.50. The first kappa shape index (κ1) is 34.7. The van der Waals surface area contributed by atoms with Gasteiger partial charge in [0.25, 0.3) is 5.91 Å². The van der Waals surface area contributed by atoms with Gasteiger partial charge in [0.05, 0.1) is 18.0 Å². The number of hydrogen-bond donors (Lipinski definition) is 7. The van der Waals surface area contributed by atoms with Crippen LogP contribution in [0, 0.1) is 0 Å². The number of hydrogen-bond acceptors (Lipinski definition) is 12. The van der Waals surface area contributed by atoms with Gasteiger partial charge in [-0.25, -0.2) is 4.79 Å². The number of aliphatic imine (C=N–C) groups is 2. The summed E-state index contributed by atoms with van der Waals surface area (Å²) in [6, 6.07) is 15.4. The molecule has 7 N–H and O–H groups in total. The first-order chi connectivity index (χ1) is 24.0. The number of aliphatic hydroxyl groups is 4. The minimum absolute atomic E-state index is 0.0453. The lowest BCUT2D eigenvalue weighted by Gasteiger charge is -2.39.